The fourth-order valence-corrected chi connectivity index (χ4v) is 3.83. The van der Waals surface area contributed by atoms with Crippen molar-refractivity contribution in [2.24, 2.45) is 0 Å². The number of hydrogen-bond donors (Lipinski definition) is 1. The van der Waals surface area contributed by atoms with Gasteiger partial charge in [-0.25, -0.2) is 4.79 Å². The molecule has 1 heterocycles. The molecule has 0 fully saturated rings. The molecule has 2 atom stereocenters. The number of nitrogens with zero attached hydrogens (tertiary/aromatic N) is 2. The normalized spacial score (nSPS) is 17.5. The number of fused-ring (bicyclic) bond motifs is 1. The molecule has 0 spiro atoms. The van der Waals surface area contributed by atoms with E-state index in [1.54, 1.807) is 31.7 Å². The van der Waals surface area contributed by atoms with Crippen molar-refractivity contribution in [1.82, 2.24) is 4.90 Å². The van der Waals surface area contributed by atoms with Gasteiger partial charge in [-0.05, 0) is 44.4 Å². The van der Waals surface area contributed by atoms with Gasteiger partial charge in [-0.3, -0.25) is 9.69 Å². The van der Waals surface area contributed by atoms with Crippen LogP contribution in [0.3, 0.4) is 0 Å². The Kier molecular flexibility index (Phi) is 6.81. The molecule has 0 radical (unpaired) electrons. The van der Waals surface area contributed by atoms with Gasteiger partial charge in [0.25, 0.3) is 0 Å². The van der Waals surface area contributed by atoms with Gasteiger partial charge >= 0.3 is 6.09 Å². The molecule has 0 aliphatic carbocycles. The maximum absolute atomic E-state index is 13.8. The van der Waals surface area contributed by atoms with Gasteiger partial charge in [-0.2, -0.15) is 0 Å². The Bertz CT molecular complexity index is 936. The molecule has 6 nitrogen and oxygen atoms in total. The Hall–Kier alpha value is -3.12. The number of anilines is 1. The number of rotatable bonds is 5. The van der Waals surface area contributed by atoms with E-state index < -0.39 is 23.8 Å². The third kappa shape index (κ3) is 4.97. The van der Waals surface area contributed by atoms with Crippen LogP contribution in [0.25, 0.3) is 0 Å². The molecule has 3 rings (SSSR count). The highest BCUT2D eigenvalue weighted by Crippen LogP contribution is 2.35. The number of para-hydroxylation sites is 1. The summed E-state index contributed by atoms with van der Waals surface area (Å²) in [6.45, 7) is 9.21. The van der Waals surface area contributed by atoms with Crippen LogP contribution in [0, 0.1) is 0 Å². The number of carbonyl (C=O) groups is 2. The second-order valence-electron chi connectivity index (χ2n) is 8.59. The zero-order valence-electron chi connectivity index (χ0n) is 18.3. The standard InChI is InChI=1S/C25H30N2O4/c1-5-11-21-23(29)26(22(17-28)18-12-7-6-8-13-18)16-19-14-9-10-15-20(19)27(21)24(30)31-25(2,3)4/h5-10,12-15,21-22,28H,1,11,16-17H2,2-4H3/t21-,22+/m1/s1. The second-order valence-corrected chi connectivity index (χ2v) is 8.59. The summed E-state index contributed by atoms with van der Waals surface area (Å²) in [6.07, 6.45) is 1.31. The Balaban J connectivity index is 2.11. The van der Waals surface area contributed by atoms with Crippen molar-refractivity contribution in [2.45, 2.75) is 51.4 Å². The fourth-order valence-electron chi connectivity index (χ4n) is 3.83. The van der Waals surface area contributed by atoms with Crippen LogP contribution in [-0.4, -0.2) is 40.3 Å². The molecule has 2 aromatic carbocycles. The van der Waals surface area contributed by atoms with Gasteiger partial charge < -0.3 is 14.7 Å². The van der Waals surface area contributed by atoms with E-state index in [4.69, 9.17) is 4.74 Å². The summed E-state index contributed by atoms with van der Waals surface area (Å²) in [5.74, 6) is -0.259. The van der Waals surface area contributed by atoms with E-state index in [2.05, 4.69) is 6.58 Å². The number of hydrogen-bond acceptors (Lipinski definition) is 4. The molecule has 31 heavy (non-hydrogen) atoms. The lowest BCUT2D eigenvalue weighted by molar-refractivity contribution is -0.136. The molecule has 1 N–H and O–H groups in total. The van der Waals surface area contributed by atoms with E-state index in [0.717, 1.165) is 11.1 Å². The Labute approximate surface area is 183 Å². The van der Waals surface area contributed by atoms with Gasteiger partial charge in [-0.15, -0.1) is 6.58 Å². The predicted octanol–water partition coefficient (Wildman–Crippen LogP) is 4.45. The molecule has 0 aromatic heterocycles. The van der Waals surface area contributed by atoms with Gasteiger partial charge in [0.05, 0.1) is 18.3 Å². The lowest BCUT2D eigenvalue weighted by atomic mass is 10.0. The number of carbonyl (C=O) groups excluding carboxylic acids is 2. The van der Waals surface area contributed by atoms with Crippen molar-refractivity contribution >= 4 is 17.7 Å². The topological polar surface area (TPSA) is 70.1 Å². The van der Waals surface area contributed by atoms with Crippen molar-refractivity contribution in [3.05, 3.63) is 78.4 Å². The number of aliphatic hydroxyl groups excluding tert-OH is 1. The zero-order chi connectivity index (χ0) is 22.6. The van der Waals surface area contributed by atoms with Crippen LogP contribution in [-0.2, 0) is 16.1 Å². The highest BCUT2D eigenvalue weighted by molar-refractivity contribution is 5.99. The highest BCUT2D eigenvalue weighted by Gasteiger charge is 2.41. The van der Waals surface area contributed by atoms with Gasteiger partial charge in [0.15, 0.2) is 0 Å². The van der Waals surface area contributed by atoms with Crippen LogP contribution in [0.5, 0.6) is 0 Å². The number of ether oxygens (including phenoxy) is 1. The number of aliphatic hydroxyl groups is 1. The van der Waals surface area contributed by atoms with Crippen molar-refractivity contribution in [1.29, 1.82) is 0 Å². The molecule has 6 heteroatoms. The van der Waals surface area contributed by atoms with Gasteiger partial charge in [0.1, 0.15) is 11.6 Å². The Morgan fingerprint density at radius 2 is 1.84 bits per heavy atom. The van der Waals surface area contributed by atoms with Crippen LogP contribution in [0.2, 0.25) is 0 Å². The third-order valence-corrected chi connectivity index (χ3v) is 5.19. The van der Waals surface area contributed by atoms with Crippen LogP contribution in [0.4, 0.5) is 10.5 Å². The molecule has 2 amide bonds. The van der Waals surface area contributed by atoms with Gasteiger partial charge in [0.2, 0.25) is 5.91 Å². The van der Waals surface area contributed by atoms with Crippen molar-refractivity contribution in [3.63, 3.8) is 0 Å². The molecule has 1 aliphatic heterocycles. The van der Waals surface area contributed by atoms with E-state index in [9.17, 15) is 14.7 Å². The first-order valence-corrected chi connectivity index (χ1v) is 10.4. The fraction of sp³-hybridized carbons (Fsp3) is 0.360. The molecule has 2 aromatic rings. The Morgan fingerprint density at radius 3 is 2.45 bits per heavy atom. The molecule has 0 saturated carbocycles. The van der Waals surface area contributed by atoms with Crippen molar-refractivity contribution in [3.8, 4) is 0 Å². The van der Waals surface area contributed by atoms with Crippen molar-refractivity contribution in [2.75, 3.05) is 11.5 Å². The maximum atomic E-state index is 13.8. The summed E-state index contributed by atoms with van der Waals surface area (Å²) in [5, 5.41) is 10.2. The quantitative estimate of drug-likeness (QED) is 0.723. The van der Waals surface area contributed by atoms with Crippen LogP contribution < -0.4 is 4.90 Å². The lowest BCUT2D eigenvalue weighted by Gasteiger charge is -2.34. The maximum Gasteiger partial charge on any atom is 0.415 e. The average molecular weight is 423 g/mol. The smallest absolute Gasteiger partial charge is 0.415 e. The van der Waals surface area contributed by atoms with E-state index in [1.807, 2.05) is 54.6 Å². The third-order valence-electron chi connectivity index (χ3n) is 5.19. The molecule has 0 saturated heterocycles. The summed E-state index contributed by atoms with van der Waals surface area (Å²) in [4.78, 5) is 30.1. The molecule has 0 bridgehead atoms. The first kappa shape index (κ1) is 22.6. The average Bonchev–Trinajstić information content (AvgIpc) is 2.84. The predicted molar refractivity (Wildman–Crippen MR) is 121 cm³/mol. The molecular weight excluding hydrogens is 392 g/mol. The first-order valence-electron chi connectivity index (χ1n) is 10.4. The summed E-state index contributed by atoms with van der Waals surface area (Å²) in [7, 11) is 0. The van der Waals surface area contributed by atoms with E-state index >= 15 is 0 Å². The highest BCUT2D eigenvalue weighted by atomic mass is 16.6. The largest absolute Gasteiger partial charge is 0.443 e. The minimum atomic E-state index is -0.825. The minimum absolute atomic E-state index is 0.231. The summed E-state index contributed by atoms with van der Waals surface area (Å²) < 4.78 is 5.65. The summed E-state index contributed by atoms with van der Waals surface area (Å²) in [5.41, 5.74) is 1.56. The minimum Gasteiger partial charge on any atom is -0.443 e. The molecule has 0 unspecified atom stereocenters. The molecule has 164 valence electrons. The van der Waals surface area contributed by atoms with Gasteiger partial charge in [-0.1, -0.05) is 54.6 Å². The summed E-state index contributed by atoms with van der Waals surface area (Å²) in [6, 6.07) is 15.5. The van der Waals surface area contributed by atoms with Crippen LogP contribution in [0.15, 0.2) is 67.3 Å². The van der Waals surface area contributed by atoms with E-state index in [-0.39, 0.29) is 25.5 Å². The van der Waals surface area contributed by atoms with Gasteiger partial charge in [0, 0.05) is 6.54 Å². The van der Waals surface area contributed by atoms with Crippen molar-refractivity contribution < 1.29 is 19.4 Å². The Morgan fingerprint density at radius 1 is 1.19 bits per heavy atom. The second kappa shape index (κ2) is 9.35. The first-order chi connectivity index (χ1) is 14.8. The lowest BCUT2D eigenvalue weighted by Crippen LogP contribution is -2.51. The zero-order valence-corrected chi connectivity index (χ0v) is 18.3. The molecular formula is C25H30N2O4. The van der Waals surface area contributed by atoms with E-state index in [1.165, 1.54) is 4.90 Å². The van der Waals surface area contributed by atoms with Crippen LogP contribution in [0.1, 0.15) is 44.4 Å². The van der Waals surface area contributed by atoms with Crippen LogP contribution >= 0.6 is 0 Å². The summed E-state index contributed by atoms with van der Waals surface area (Å²) >= 11 is 0. The monoisotopic (exact) mass is 422 g/mol. The number of amides is 2. The SMILES string of the molecule is C=CC[C@@H]1C(=O)N([C@@H](CO)c2ccccc2)Cc2ccccc2N1C(=O)OC(C)(C)C. The molecule has 1 aliphatic rings. The van der Waals surface area contributed by atoms with E-state index in [0.29, 0.717) is 5.69 Å². The number of benzene rings is 2.